The first-order valence-corrected chi connectivity index (χ1v) is 6.92. The van der Waals surface area contributed by atoms with E-state index in [1.807, 2.05) is 0 Å². The summed E-state index contributed by atoms with van der Waals surface area (Å²) in [7, 11) is -3.84. The van der Waals surface area contributed by atoms with E-state index in [4.69, 9.17) is 9.88 Å². The second kappa shape index (κ2) is 4.70. The van der Waals surface area contributed by atoms with Crippen LogP contribution in [0.25, 0.3) is 0 Å². The van der Waals surface area contributed by atoms with Crippen LogP contribution in [-0.4, -0.2) is 20.0 Å². The van der Waals surface area contributed by atoms with Gasteiger partial charge in [0, 0.05) is 0 Å². The molecule has 0 aromatic heterocycles. The van der Waals surface area contributed by atoms with Gasteiger partial charge in [-0.05, 0) is 45.4 Å². The smallest absolute Gasteiger partial charge is 0.338 e. The van der Waals surface area contributed by atoms with Gasteiger partial charge in [-0.1, -0.05) is 6.07 Å². The minimum atomic E-state index is -3.84. The van der Waals surface area contributed by atoms with Gasteiger partial charge >= 0.3 is 5.97 Å². The van der Waals surface area contributed by atoms with Gasteiger partial charge in [0.2, 0.25) is 10.0 Å². The third-order valence-electron chi connectivity index (χ3n) is 2.13. The predicted molar refractivity (Wildman–Crippen MR) is 67.7 cm³/mol. The Morgan fingerprint density at radius 2 is 1.83 bits per heavy atom. The van der Waals surface area contributed by atoms with Crippen molar-refractivity contribution < 1.29 is 17.9 Å². The van der Waals surface area contributed by atoms with Gasteiger partial charge in [0.05, 0.1) is 10.5 Å². The van der Waals surface area contributed by atoms with Gasteiger partial charge < -0.3 is 4.74 Å². The summed E-state index contributed by atoms with van der Waals surface area (Å²) in [5.74, 6) is -0.576. The van der Waals surface area contributed by atoms with E-state index in [9.17, 15) is 13.2 Å². The third-order valence-corrected chi connectivity index (χ3v) is 3.18. The molecule has 0 saturated carbocycles. The van der Waals surface area contributed by atoms with Crippen LogP contribution in [0, 0.1) is 6.92 Å². The first-order chi connectivity index (χ1) is 8.00. The van der Waals surface area contributed by atoms with E-state index in [1.54, 1.807) is 27.7 Å². The number of carbonyl (C=O) groups is 1. The van der Waals surface area contributed by atoms with Crippen molar-refractivity contribution in [3.8, 4) is 0 Å². The number of carbonyl (C=O) groups excluding carboxylic acids is 1. The van der Waals surface area contributed by atoms with Crippen molar-refractivity contribution in [1.29, 1.82) is 0 Å². The summed E-state index contributed by atoms with van der Waals surface area (Å²) in [6, 6.07) is 4.27. The molecule has 0 aliphatic heterocycles. The molecule has 1 rings (SSSR count). The number of ether oxygens (including phenoxy) is 1. The maximum atomic E-state index is 11.8. The van der Waals surface area contributed by atoms with Gasteiger partial charge in [-0.3, -0.25) is 0 Å². The molecule has 2 N–H and O–H groups in total. The zero-order valence-electron chi connectivity index (χ0n) is 10.9. The number of esters is 1. The van der Waals surface area contributed by atoms with E-state index in [-0.39, 0.29) is 10.5 Å². The fourth-order valence-corrected chi connectivity index (χ4v) is 2.18. The van der Waals surface area contributed by atoms with Crippen molar-refractivity contribution in [1.82, 2.24) is 0 Å². The third kappa shape index (κ3) is 3.82. The average Bonchev–Trinajstić information content (AvgIpc) is 2.13. The van der Waals surface area contributed by atoms with Crippen LogP contribution >= 0.6 is 0 Å². The van der Waals surface area contributed by atoms with E-state index in [1.165, 1.54) is 18.2 Å². The highest BCUT2D eigenvalue weighted by molar-refractivity contribution is 7.89. The van der Waals surface area contributed by atoms with Crippen molar-refractivity contribution in [2.75, 3.05) is 0 Å². The van der Waals surface area contributed by atoms with Crippen molar-refractivity contribution in [3.05, 3.63) is 29.3 Å². The molecule has 0 saturated heterocycles. The van der Waals surface area contributed by atoms with Gasteiger partial charge in [0.1, 0.15) is 5.60 Å². The standard InChI is InChI=1S/C12H17NO4S/c1-8-5-6-9(7-10(8)18(13,15)16)11(14)17-12(2,3)4/h5-7H,1-4H3,(H2,13,15,16). The van der Waals surface area contributed by atoms with E-state index >= 15 is 0 Å². The van der Waals surface area contributed by atoms with Crippen LogP contribution < -0.4 is 5.14 Å². The second-order valence-electron chi connectivity index (χ2n) is 5.03. The number of hydrogen-bond acceptors (Lipinski definition) is 4. The fourth-order valence-electron chi connectivity index (χ4n) is 1.37. The average molecular weight is 271 g/mol. The summed E-state index contributed by atoms with van der Waals surface area (Å²) in [4.78, 5) is 11.7. The Morgan fingerprint density at radius 3 is 2.28 bits per heavy atom. The highest BCUT2D eigenvalue weighted by atomic mass is 32.2. The van der Waals surface area contributed by atoms with Crippen LogP contribution in [-0.2, 0) is 14.8 Å². The predicted octanol–water partition coefficient (Wildman–Crippen LogP) is 1.60. The first-order valence-electron chi connectivity index (χ1n) is 5.37. The van der Waals surface area contributed by atoms with Gasteiger partial charge in [0.25, 0.3) is 0 Å². The van der Waals surface area contributed by atoms with E-state index < -0.39 is 21.6 Å². The summed E-state index contributed by atoms with van der Waals surface area (Å²) in [5.41, 5.74) is 0.0216. The Labute approximate surface area is 107 Å². The zero-order chi connectivity index (χ0) is 14.1. The molecule has 0 spiro atoms. The summed E-state index contributed by atoms with van der Waals surface area (Å²) in [6.07, 6.45) is 0. The molecular formula is C12H17NO4S. The Hall–Kier alpha value is -1.40. The van der Waals surface area contributed by atoms with E-state index in [0.29, 0.717) is 5.56 Å². The molecule has 0 heterocycles. The largest absolute Gasteiger partial charge is 0.456 e. The highest BCUT2D eigenvalue weighted by Gasteiger charge is 2.20. The normalized spacial score (nSPS) is 12.3. The van der Waals surface area contributed by atoms with Crippen LogP contribution in [0.4, 0.5) is 0 Å². The van der Waals surface area contributed by atoms with Crippen LogP contribution in [0.5, 0.6) is 0 Å². The van der Waals surface area contributed by atoms with Crippen LogP contribution in [0.3, 0.4) is 0 Å². The number of rotatable bonds is 2. The van der Waals surface area contributed by atoms with Gasteiger partial charge in [0.15, 0.2) is 0 Å². The minimum Gasteiger partial charge on any atom is -0.456 e. The molecular weight excluding hydrogens is 254 g/mol. The lowest BCUT2D eigenvalue weighted by Crippen LogP contribution is -2.24. The molecule has 100 valence electrons. The van der Waals surface area contributed by atoms with Crippen LogP contribution in [0.15, 0.2) is 23.1 Å². The molecule has 0 aliphatic carbocycles. The molecule has 1 aromatic carbocycles. The molecule has 0 fully saturated rings. The van der Waals surface area contributed by atoms with Crippen molar-refractivity contribution in [2.24, 2.45) is 5.14 Å². The molecule has 0 aliphatic rings. The number of hydrogen-bond donors (Lipinski definition) is 1. The molecule has 6 heteroatoms. The number of nitrogens with two attached hydrogens (primary N) is 1. The maximum Gasteiger partial charge on any atom is 0.338 e. The zero-order valence-corrected chi connectivity index (χ0v) is 11.7. The van der Waals surface area contributed by atoms with Crippen LogP contribution in [0.1, 0.15) is 36.7 Å². The minimum absolute atomic E-state index is 0.0640. The molecule has 18 heavy (non-hydrogen) atoms. The molecule has 0 unspecified atom stereocenters. The molecule has 0 radical (unpaired) electrons. The quantitative estimate of drug-likeness (QED) is 0.828. The Bertz CT molecular complexity index is 570. The van der Waals surface area contributed by atoms with Crippen LogP contribution in [0.2, 0.25) is 0 Å². The Kier molecular flexibility index (Phi) is 3.83. The lowest BCUT2D eigenvalue weighted by molar-refractivity contribution is 0.00693. The van der Waals surface area contributed by atoms with Crippen molar-refractivity contribution >= 4 is 16.0 Å². The lowest BCUT2D eigenvalue weighted by atomic mass is 10.1. The van der Waals surface area contributed by atoms with Gasteiger partial charge in [-0.15, -0.1) is 0 Å². The summed E-state index contributed by atoms with van der Waals surface area (Å²) in [5, 5.41) is 5.07. The van der Waals surface area contributed by atoms with E-state index in [0.717, 1.165) is 0 Å². The molecule has 0 atom stereocenters. The lowest BCUT2D eigenvalue weighted by Gasteiger charge is -2.19. The summed E-state index contributed by atoms with van der Waals surface area (Å²) in [6.45, 7) is 6.82. The second-order valence-corrected chi connectivity index (χ2v) is 6.56. The van der Waals surface area contributed by atoms with E-state index in [2.05, 4.69) is 0 Å². The van der Waals surface area contributed by atoms with Crippen molar-refractivity contribution in [3.63, 3.8) is 0 Å². The Morgan fingerprint density at radius 1 is 1.28 bits per heavy atom. The number of sulfonamides is 1. The summed E-state index contributed by atoms with van der Waals surface area (Å²) >= 11 is 0. The van der Waals surface area contributed by atoms with Gasteiger partial charge in [-0.2, -0.15) is 0 Å². The number of primary sulfonamides is 1. The van der Waals surface area contributed by atoms with Crippen molar-refractivity contribution in [2.45, 2.75) is 38.2 Å². The summed E-state index contributed by atoms with van der Waals surface area (Å²) < 4.78 is 27.8. The molecule has 1 aromatic rings. The molecule has 0 amide bonds. The topological polar surface area (TPSA) is 86.5 Å². The SMILES string of the molecule is Cc1ccc(C(=O)OC(C)(C)C)cc1S(N)(=O)=O. The number of aryl methyl sites for hydroxylation is 1. The molecule has 5 nitrogen and oxygen atoms in total. The highest BCUT2D eigenvalue weighted by Crippen LogP contribution is 2.18. The maximum absolute atomic E-state index is 11.8. The fraction of sp³-hybridized carbons (Fsp3) is 0.417. The molecule has 0 bridgehead atoms. The monoisotopic (exact) mass is 271 g/mol. The first kappa shape index (κ1) is 14.7. The Balaban J connectivity index is 3.18. The number of benzene rings is 1. The van der Waals surface area contributed by atoms with Gasteiger partial charge in [-0.25, -0.2) is 18.4 Å².